The highest BCUT2D eigenvalue weighted by Gasteiger charge is 2.27. The van der Waals surface area contributed by atoms with E-state index in [-0.39, 0.29) is 11.9 Å². The Balaban J connectivity index is 1.74. The first-order valence-electron chi connectivity index (χ1n) is 6.77. The molecule has 2 atom stereocenters. The minimum Gasteiger partial charge on any atom is -0.347 e. The number of nitrogens with one attached hydrogen (secondary N) is 1. The molecule has 3 N–H and O–H groups in total. The summed E-state index contributed by atoms with van der Waals surface area (Å²) in [6.07, 6.45) is 4.89. The SMILES string of the molecule is Cn1ncc2c1CCCC2NC(=O)C(N)c1cccs1. The van der Waals surface area contributed by atoms with Gasteiger partial charge in [-0.25, -0.2) is 0 Å². The van der Waals surface area contributed by atoms with Crippen molar-refractivity contribution in [2.75, 3.05) is 0 Å². The molecule has 2 aromatic rings. The molecule has 20 heavy (non-hydrogen) atoms. The molecule has 0 aliphatic heterocycles. The molecule has 1 amide bonds. The molecule has 0 saturated heterocycles. The van der Waals surface area contributed by atoms with Gasteiger partial charge in [-0.05, 0) is 30.7 Å². The first-order chi connectivity index (χ1) is 9.66. The van der Waals surface area contributed by atoms with Crippen LogP contribution in [-0.4, -0.2) is 15.7 Å². The smallest absolute Gasteiger partial charge is 0.242 e. The molecule has 0 radical (unpaired) electrons. The van der Waals surface area contributed by atoms with Crippen LogP contribution in [0.1, 0.15) is 41.1 Å². The molecule has 0 aromatic carbocycles. The summed E-state index contributed by atoms with van der Waals surface area (Å²) in [4.78, 5) is 13.2. The second kappa shape index (κ2) is 5.38. The molecule has 2 heterocycles. The minimum atomic E-state index is -0.586. The van der Waals surface area contributed by atoms with Gasteiger partial charge in [0.15, 0.2) is 0 Å². The van der Waals surface area contributed by atoms with Gasteiger partial charge in [0, 0.05) is 23.2 Å². The number of thiophene rings is 1. The molecule has 1 aliphatic rings. The van der Waals surface area contributed by atoms with Gasteiger partial charge >= 0.3 is 0 Å². The van der Waals surface area contributed by atoms with Crippen LogP contribution in [0.15, 0.2) is 23.7 Å². The third kappa shape index (κ3) is 2.36. The standard InChI is InChI=1S/C14H18N4OS/c1-18-11-5-2-4-10(9(11)8-16-18)17-14(19)13(15)12-6-3-7-20-12/h3,6-8,10,13H,2,4-5,15H2,1H3,(H,17,19). The van der Waals surface area contributed by atoms with Crippen molar-refractivity contribution in [2.45, 2.75) is 31.3 Å². The third-order valence-corrected chi connectivity index (χ3v) is 4.78. The largest absolute Gasteiger partial charge is 0.347 e. The average molecular weight is 290 g/mol. The zero-order valence-electron chi connectivity index (χ0n) is 11.4. The quantitative estimate of drug-likeness (QED) is 0.903. The molecule has 5 nitrogen and oxygen atoms in total. The van der Waals surface area contributed by atoms with Gasteiger partial charge in [0.25, 0.3) is 0 Å². The maximum atomic E-state index is 12.3. The Morgan fingerprint density at radius 1 is 1.65 bits per heavy atom. The van der Waals surface area contributed by atoms with Gasteiger partial charge in [-0.2, -0.15) is 5.10 Å². The van der Waals surface area contributed by atoms with Crippen molar-refractivity contribution < 1.29 is 4.79 Å². The lowest BCUT2D eigenvalue weighted by Crippen LogP contribution is -2.37. The fourth-order valence-electron chi connectivity index (χ4n) is 2.72. The number of amides is 1. The fraction of sp³-hybridized carbons (Fsp3) is 0.429. The third-order valence-electron chi connectivity index (χ3n) is 3.82. The minimum absolute atomic E-state index is 0.0333. The average Bonchev–Trinajstić information content (AvgIpc) is 3.09. The van der Waals surface area contributed by atoms with Gasteiger partial charge in [-0.15, -0.1) is 11.3 Å². The number of hydrogen-bond acceptors (Lipinski definition) is 4. The Morgan fingerprint density at radius 2 is 2.50 bits per heavy atom. The van der Waals surface area contributed by atoms with E-state index >= 15 is 0 Å². The van der Waals surface area contributed by atoms with Crippen molar-refractivity contribution in [3.05, 3.63) is 39.8 Å². The number of rotatable bonds is 3. The number of nitrogens with two attached hydrogens (primary N) is 1. The van der Waals surface area contributed by atoms with Crippen molar-refractivity contribution in [1.82, 2.24) is 15.1 Å². The zero-order valence-corrected chi connectivity index (χ0v) is 12.2. The van der Waals surface area contributed by atoms with Crippen molar-refractivity contribution in [2.24, 2.45) is 12.8 Å². The van der Waals surface area contributed by atoms with Gasteiger partial charge in [0.05, 0.1) is 12.2 Å². The summed E-state index contributed by atoms with van der Waals surface area (Å²) >= 11 is 1.51. The van der Waals surface area contributed by atoms with E-state index in [9.17, 15) is 4.79 Å². The van der Waals surface area contributed by atoms with Crippen molar-refractivity contribution >= 4 is 17.2 Å². The topological polar surface area (TPSA) is 72.9 Å². The van der Waals surface area contributed by atoms with Crippen LogP contribution in [0.3, 0.4) is 0 Å². The highest BCUT2D eigenvalue weighted by Crippen LogP contribution is 2.29. The Labute approximate surface area is 121 Å². The number of carbonyl (C=O) groups is 1. The normalized spacial score (nSPS) is 19.4. The molecule has 2 aromatic heterocycles. The Bertz CT molecular complexity index is 605. The summed E-state index contributed by atoms with van der Waals surface area (Å²) in [5.74, 6) is -0.117. The summed E-state index contributed by atoms with van der Waals surface area (Å²) in [5, 5.41) is 9.29. The second-order valence-corrected chi connectivity index (χ2v) is 6.10. The van der Waals surface area contributed by atoms with Crippen LogP contribution in [-0.2, 0) is 18.3 Å². The van der Waals surface area contributed by atoms with E-state index in [2.05, 4.69) is 10.4 Å². The van der Waals surface area contributed by atoms with Crippen molar-refractivity contribution in [3.63, 3.8) is 0 Å². The molecule has 106 valence electrons. The maximum absolute atomic E-state index is 12.3. The van der Waals surface area contributed by atoms with Gasteiger partial charge in [0.1, 0.15) is 6.04 Å². The number of aromatic nitrogens is 2. The summed E-state index contributed by atoms with van der Waals surface area (Å²) in [6.45, 7) is 0. The number of nitrogens with zero attached hydrogens (tertiary/aromatic N) is 2. The molecular formula is C14H18N4OS. The summed E-state index contributed by atoms with van der Waals surface area (Å²) in [6, 6.07) is 3.25. The number of carbonyl (C=O) groups excluding carboxylic acids is 1. The summed E-state index contributed by atoms with van der Waals surface area (Å²) in [5.41, 5.74) is 8.35. The van der Waals surface area contributed by atoms with Crippen LogP contribution in [0, 0.1) is 0 Å². The predicted octanol–water partition coefficient (Wildman–Crippen LogP) is 1.68. The molecule has 0 bridgehead atoms. The van der Waals surface area contributed by atoms with E-state index in [0.717, 1.165) is 29.7 Å². The maximum Gasteiger partial charge on any atom is 0.242 e. The number of fused-ring (bicyclic) bond motifs is 1. The molecular weight excluding hydrogens is 272 g/mol. The Kier molecular flexibility index (Phi) is 3.58. The predicted molar refractivity (Wildman–Crippen MR) is 78.3 cm³/mol. The van der Waals surface area contributed by atoms with E-state index in [1.165, 1.54) is 17.0 Å². The second-order valence-electron chi connectivity index (χ2n) is 5.12. The Morgan fingerprint density at radius 3 is 3.25 bits per heavy atom. The molecule has 0 fully saturated rings. The van der Waals surface area contributed by atoms with E-state index < -0.39 is 6.04 Å². The van der Waals surface area contributed by atoms with Gasteiger partial charge in [0.2, 0.25) is 5.91 Å². The first-order valence-corrected chi connectivity index (χ1v) is 7.65. The fourth-order valence-corrected chi connectivity index (χ4v) is 3.44. The van der Waals surface area contributed by atoms with E-state index in [1.54, 1.807) is 0 Å². The molecule has 1 aliphatic carbocycles. The van der Waals surface area contributed by atoms with E-state index in [0.29, 0.717) is 0 Å². The molecule has 3 rings (SSSR count). The van der Waals surface area contributed by atoms with Crippen LogP contribution < -0.4 is 11.1 Å². The molecule has 2 unspecified atom stereocenters. The van der Waals surface area contributed by atoms with Gasteiger partial charge in [-0.1, -0.05) is 6.07 Å². The van der Waals surface area contributed by atoms with Crippen LogP contribution in [0.5, 0.6) is 0 Å². The lowest BCUT2D eigenvalue weighted by atomic mass is 9.93. The van der Waals surface area contributed by atoms with Gasteiger partial charge in [-0.3, -0.25) is 9.48 Å². The first kappa shape index (κ1) is 13.3. The van der Waals surface area contributed by atoms with E-state index in [1.807, 2.05) is 35.4 Å². The summed E-state index contributed by atoms with van der Waals surface area (Å²) < 4.78 is 1.90. The lowest BCUT2D eigenvalue weighted by molar-refractivity contribution is -0.123. The van der Waals surface area contributed by atoms with Crippen LogP contribution in [0.4, 0.5) is 0 Å². The van der Waals surface area contributed by atoms with Crippen molar-refractivity contribution in [1.29, 1.82) is 0 Å². The molecule has 6 heteroatoms. The number of aryl methyl sites for hydroxylation is 1. The monoisotopic (exact) mass is 290 g/mol. The lowest BCUT2D eigenvalue weighted by Gasteiger charge is -2.25. The highest BCUT2D eigenvalue weighted by molar-refractivity contribution is 7.10. The highest BCUT2D eigenvalue weighted by atomic mass is 32.1. The van der Waals surface area contributed by atoms with Crippen LogP contribution in [0.25, 0.3) is 0 Å². The molecule has 0 spiro atoms. The van der Waals surface area contributed by atoms with Crippen molar-refractivity contribution in [3.8, 4) is 0 Å². The van der Waals surface area contributed by atoms with E-state index in [4.69, 9.17) is 5.73 Å². The Hall–Kier alpha value is -1.66. The van der Waals surface area contributed by atoms with Crippen LogP contribution in [0.2, 0.25) is 0 Å². The van der Waals surface area contributed by atoms with Crippen LogP contribution >= 0.6 is 11.3 Å². The molecule has 0 saturated carbocycles. The van der Waals surface area contributed by atoms with Gasteiger partial charge < -0.3 is 11.1 Å². The summed E-state index contributed by atoms with van der Waals surface area (Å²) in [7, 11) is 1.94. The zero-order chi connectivity index (χ0) is 14.1. The number of hydrogen-bond donors (Lipinski definition) is 2.